The van der Waals surface area contributed by atoms with Crippen molar-refractivity contribution in [1.29, 1.82) is 0 Å². The minimum absolute atomic E-state index is 0.0512. The van der Waals surface area contributed by atoms with Crippen LogP contribution in [0.15, 0.2) is 18.2 Å². The zero-order valence-electron chi connectivity index (χ0n) is 10.9. The Morgan fingerprint density at radius 1 is 1.37 bits per heavy atom. The quantitative estimate of drug-likeness (QED) is 0.835. The summed E-state index contributed by atoms with van der Waals surface area (Å²) in [6.45, 7) is 0.794. The molecular weight excluding hydrogens is 260 g/mol. The fourth-order valence-electron chi connectivity index (χ4n) is 3.62. The van der Waals surface area contributed by atoms with Crippen LogP contribution >= 0.6 is 11.6 Å². The molecule has 3 nitrogen and oxygen atoms in total. The molecule has 0 heterocycles. The van der Waals surface area contributed by atoms with Crippen molar-refractivity contribution in [2.75, 3.05) is 12.3 Å². The lowest BCUT2D eigenvalue weighted by Gasteiger charge is -2.21. The number of nitrogens with one attached hydrogen (secondary N) is 1. The van der Waals surface area contributed by atoms with Crippen molar-refractivity contribution in [3.05, 3.63) is 28.8 Å². The van der Waals surface area contributed by atoms with Crippen LogP contribution in [0.2, 0.25) is 5.02 Å². The molecular formula is C15H19ClN2O. The van der Waals surface area contributed by atoms with Gasteiger partial charge in [-0.3, -0.25) is 4.79 Å². The van der Waals surface area contributed by atoms with Crippen LogP contribution in [-0.4, -0.2) is 12.5 Å². The number of amides is 1. The maximum Gasteiger partial charge on any atom is 0.251 e. The summed E-state index contributed by atoms with van der Waals surface area (Å²) in [6, 6.07) is 5.03. The third-order valence-corrected chi connectivity index (χ3v) is 5.00. The molecule has 102 valence electrons. The Morgan fingerprint density at radius 2 is 2.21 bits per heavy atom. The molecule has 0 aromatic heterocycles. The van der Waals surface area contributed by atoms with Gasteiger partial charge in [0.05, 0.1) is 10.7 Å². The molecule has 0 spiro atoms. The van der Waals surface area contributed by atoms with Crippen molar-refractivity contribution in [3.8, 4) is 0 Å². The Bertz CT molecular complexity index is 503. The van der Waals surface area contributed by atoms with Gasteiger partial charge in [0.25, 0.3) is 5.91 Å². The first-order valence-electron chi connectivity index (χ1n) is 6.96. The second-order valence-electron chi connectivity index (χ2n) is 5.88. The normalized spacial score (nSPS) is 28.6. The SMILES string of the molecule is Nc1ccc(C(=O)NCC2CC3CCC2C3)cc1Cl. The van der Waals surface area contributed by atoms with Crippen LogP contribution in [0.3, 0.4) is 0 Å². The second-order valence-corrected chi connectivity index (χ2v) is 6.29. The first kappa shape index (κ1) is 12.8. The molecule has 2 aliphatic rings. The van der Waals surface area contributed by atoms with E-state index in [1.807, 2.05) is 0 Å². The van der Waals surface area contributed by atoms with Gasteiger partial charge in [0.2, 0.25) is 0 Å². The molecule has 1 aromatic carbocycles. The molecule has 4 heteroatoms. The van der Waals surface area contributed by atoms with Gasteiger partial charge in [-0.05, 0) is 55.2 Å². The van der Waals surface area contributed by atoms with E-state index in [0.29, 0.717) is 22.2 Å². The molecule has 3 atom stereocenters. The van der Waals surface area contributed by atoms with Crippen molar-refractivity contribution >= 4 is 23.2 Å². The lowest BCUT2D eigenvalue weighted by atomic mass is 9.89. The Morgan fingerprint density at radius 3 is 2.84 bits per heavy atom. The zero-order valence-corrected chi connectivity index (χ0v) is 11.6. The largest absolute Gasteiger partial charge is 0.398 e. The van der Waals surface area contributed by atoms with E-state index in [1.165, 1.54) is 25.7 Å². The fraction of sp³-hybridized carbons (Fsp3) is 0.533. The summed E-state index contributed by atoms with van der Waals surface area (Å²) >= 11 is 5.93. The van der Waals surface area contributed by atoms with Crippen molar-refractivity contribution in [3.63, 3.8) is 0 Å². The number of carbonyl (C=O) groups is 1. The Balaban J connectivity index is 1.57. The number of hydrogen-bond acceptors (Lipinski definition) is 2. The van der Waals surface area contributed by atoms with Gasteiger partial charge in [-0.1, -0.05) is 18.0 Å². The summed E-state index contributed by atoms with van der Waals surface area (Å²) in [4.78, 5) is 12.1. The predicted molar refractivity (Wildman–Crippen MR) is 77.1 cm³/mol. The number of fused-ring (bicyclic) bond motifs is 2. The highest BCUT2D eigenvalue weighted by Gasteiger charge is 2.39. The Kier molecular flexibility index (Phi) is 3.40. The molecule has 3 rings (SSSR count). The summed E-state index contributed by atoms with van der Waals surface area (Å²) in [5.74, 6) is 2.37. The minimum Gasteiger partial charge on any atom is -0.398 e. The highest BCUT2D eigenvalue weighted by molar-refractivity contribution is 6.33. The van der Waals surface area contributed by atoms with Crippen LogP contribution < -0.4 is 11.1 Å². The number of benzene rings is 1. The van der Waals surface area contributed by atoms with Gasteiger partial charge < -0.3 is 11.1 Å². The van der Waals surface area contributed by atoms with Gasteiger partial charge in [-0.15, -0.1) is 0 Å². The number of anilines is 1. The smallest absolute Gasteiger partial charge is 0.251 e. The van der Waals surface area contributed by atoms with Crippen molar-refractivity contribution in [1.82, 2.24) is 5.32 Å². The molecule has 1 amide bonds. The highest BCUT2D eigenvalue weighted by Crippen LogP contribution is 2.47. The van der Waals surface area contributed by atoms with Gasteiger partial charge >= 0.3 is 0 Å². The van der Waals surface area contributed by atoms with E-state index in [4.69, 9.17) is 17.3 Å². The van der Waals surface area contributed by atoms with Crippen LogP contribution in [0.4, 0.5) is 5.69 Å². The maximum absolute atomic E-state index is 12.1. The zero-order chi connectivity index (χ0) is 13.4. The molecule has 19 heavy (non-hydrogen) atoms. The van der Waals surface area contributed by atoms with Gasteiger partial charge in [-0.25, -0.2) is 0 Å². The van der Waals surface area contributed by atoms with E-state index in [2.05, 4.69) is 5.32 Å². The van der Waals surface area contributed by atoms with E-state index in [1.54, 1.807) is 18.2 Å². The number of nitrogens with two attached hydrogens (primary N) is 1. The van der Waals surface area contributed by atoms with Crippen molar-refractivity contribution < 1.29 is 4.79 Å². The number of rotatable bonds is 3. The van der Waals surface area contributed by atoms with Gasteiger partial charge in [0.1, 0.15) is 0 Å². The molecule has 0 radical (unpaired) electrons. The van der Waals surface area contributed by atoms with E-state index >= 15 is 0 Å². The Hall–Kier alpha value is -1.22. The van der Waals surface area contributed by atoms with Crippen molar-refractivity contribution in [2.45, 2.75) is 25.7 Å². The van der Waals surface area contributed by atoms with Gasteiger partial charge in [0, 0.05) is 12.1 Å². The first-order valence-corrected chi connectivity index (χ1v) is 7.34. The summed E-state index contributed by atoms with van der Waals surface area (Å²) in [5.41, 5.74) is 6.73. The third-order valence-electron chi connectivity index (χ3n) is 4.67. The standard InChI is InChI=1S/C15H19ClN2O/c16-13-7-11(3-4-14(13)17)15(19)18-8-12-6-9-1-2-10(12)5-9/h3-4,7,9-10,12H,1-2,5-6,8,17H2,(H,18,19). The molecule has 3 unspecified atom stereocenters. The molecule has 2 saturated carbocycles. The monoisotopic (exact) mass is 278 g/mol. The minimum atomic E-state index is -0.0512. The van der Waals surface area contributed by atoms with Gasteiger partial charge in [0.15, 0.2) is 0 Å². The van der Waals surface area contributed by atoms with E-state index in [9.17, 15) is 4.79 Å². The molecule has 3 N–H and O–H groups in total. The number of carbonyl (C=O) groups excluding carboxylic acids is 1. The van der Waals surface area contributed by atoms with Crippen LogP contribution in [0, 0.1) is 17.8 Å². The Labute approximate surface area is 118 Å². The first-order chi connectivity index (χ1) is 9.13. The van der Waals surface area contributed by atoms with Crippen LogP contribution in [-0.2, 0) is 0 Å². The number of hydrogen-bond donors (Lipinski definition) is 2. The average Bonchev–Trinajstić information content (AvgIpc) is 3.01. The molecule has 2 bridgehead atoms. The summed E-state index contributed by atoms with van der Waals surface area (Å²) in [6.07, 6.45) is 5.39. The fourth-order valence-corrected chi connectivity index (χ4v) is 3.80. The maximum atomic E-state index is 12.1. The van der Waals surface area contributed by atoms with Gasteiger partial charge in [-0.2, -0.15) is 0 Å². The van der Waals surface area contributed by atoms with Crippen LogP contribution in [0.1, 0.15) is 36.0 Å². The molecule has 2 aliphatic carbocycles. The van der Waals surface area contributed by atoms with E-state index < -0.39 is 0 Å². The molecule has 2 fully saturated rings. The summed E-state index contributed by atoms with van der Waals surface area (Å²) < 4.78 is 0. The molecule has 1 aromatic rings. The molecule has 0 aliphatic heterocycles. The lowest BCUT2D eigenvalue weighted by molar-refractivity contribution is 0.0942. The third kappa shape index (κ3) is 2.57. The van der Waals surface area contributed by atoms with E-state index in [-0.39, 0.29) is 5.91 Å². The lowest BCUT2D eigenvalue weighted by Crippen LogP contribution is -2.31. The second kappa shape index (κ2) is 5.04. The average molecular weight is 279 g/mol. The summed E-state index contributed by atoms with van der Waals surface area (Å²) in [7, 11) is 0. The number of nitrogen functional groups attached to an aromatic ring is 1. The topological polar surface area (TPSA) is 55.1 Å². The van der Waals surface area contributed by atoms with Crippen molar-refractivity contribution in [2.24, 2.45) is 17.8 Å². The summed E-state index contributed by atoms with van der Waals surface area (Å²) in [5, 5.41) is 3.47. The number of halogens is 1. The predicted octanol–water partition coefficient (Wildman–Crippen LogP) is 3.09. The highest BCUT2D eigenvalue weighted by atomic mass is 35.5. The van der Waals surface area contributed by atoms with Crippen LogP contribution in [0.5, 0.6) is 0 Å². The molecule has 0 saturated heterocycles. The van der Waals surface area contributed by atoms with E-state index in [0.717, 1.165) is 18.4 Å². The van der Waals surface area contributed by atoms with Crippen LogP contribution in [0.25, 0.3) is 0 Å².